The Bertz CT molecular complexity index is 387. The van der Waals surface area contributed by atoms with Crippen molar-refractivity contribution >= 4 is 5.69 Å². The fraction of sp³-hybridized carbons (Fsp3) is 0.462. The largest absolute Gasteiger partial charge is 0.396 e. The van der Waals surface area contributed by atoms with Gasteiger partial charge in [-0.1, -0.05) is 12.8 Å². The molecule has 0 unspecified atom stereocenters. The maximum absolute atomic E-state index is 12.9. The predicted octanol–water partition coefficient (Wildman–Crippen LogP) is 2.66. The lowest BCUT2D eigenvalue weighted by atomic mass is 10.1. The summed E-state index contributed by atoms with van der Waals surface area (Å²) < 4.78 is 12.9. The molecule has 0 saturated heterocycles. The van der Waals surface area contributed by atoms with E-state index in [1.807, 2.05) is 6.07 Å². The molecule has 0 spiro atoms. The molecule has 0 fully saturated rings. The summed E-state index contributed by atoms with van der Waals surface area (Å²) in [6.07, 6.45) is 3.85. The van der Waals surface area contributed by atoms with Gasteiger partial charge in [-0.05, 0) is 31.0 Å². The van der Waals surface area contributed by atoms with Crippen LogP contribution in [-0.2, 0) is 0 Å². The van der Waals surface area contributed by atoms with Crippen LogP contribution in [0.15, 0.2) is 18.2 Å². The van der Waals surface area contributed by atoms with Crippen molar-refractivity contribution in [1.29, 1.82) is 5.26 Å². The number of nitrogens with zero attached hydrogens (tertiary/aromatic N) is 1. The first-order valence-corrected chi connectivity index (χ1v) is 5.82. The van der Waals surface area contributed by atoms with E-state index in [1.165, 1.54) is 12.1 Å². The molecule has 0 aromatic heterocycles. The number of nitrogens with one attached hydrogen (secondary N) is 1. The minimum Gasteiger partial charge on any atom is -0.396 e. The number of nitriles is 1. The molecule has 0 bridgehead atoms. The molecular formula is C13H17FN2O. The molecule has 0 aliphatic heterocycles. The average molecular weight is 236 g/mol. The summed E-state index contributed by atoms with van der Waals surface area (Å²) in [7, 11) is 0. The molecule has 4 heteroatoms. The van der Waals surface area contributed by atoms with Gasteiger partial charge in [-0.3, -0.25) is 0 Å². The van der Waals surface area contributed by atoms with Gasteiger partial charge in [0.2, 0.25) is 0 Å². The molecule has 0 amide bonds. The maximum Gasteiger partial charge on any atom is 0.124 e. The summed E-state index contributed by atoms with van der Waals surface area (Å²) in [5, 5.41) is 20.6. The van der Waals surface area contributed by atoms with Crippen molar-refractivity contribution in [2.75, 3.05) is 18.5 Å². The fourth-order valence-electron chi connectivity index (χ4n) is 1.58. The van der Waals surface area contributed by atoms with E-state index < -0.39 is 5.82 Å². The molecule has 0 saturated carbocycles. The quantitative estimate of drug-likeness (QED) is 0.715. The third-order valence-corrected chi connectivity index (χ3v) is 2.50. The number of hydrogen-bond donors (Lipinski definition) is 2. The van der Waals surface area contributed by atoms with Crippen LogP contribution in [0.1, 0.15) is 31.2 Å². The first kappa shape index (κ1) is 13.5. The standard InChI is InChI=1S/C13H17FN2O/c14-12-5-6-13(11(9-12)10-15)16-7-3-1-2-4-8-17/h5-6,9,16-17H,1-4,7-8H2. The van der Waals surface area contributed by atoms with Crippen LogP contribution in [0.4, 0.5) is 10.1 Å². The summed E-state index contributed by atoms with van der Waals surface area (Å²) in [5.74, 6) is -0.393. The van der Waals surface area contributed by atoms with Gasteiger partial charge in [0, 0.05) is 13.2 Å². The van der Waals surface area contributed by atoms with Crippen LogP contribution in [0.2, 0.25) is 0 Å². The Balaban J connectivity index is 2.34. The summed E-state index contributed by atoms with van der Waals surface area (Å²) in [5.41, 5.74) is 1.01. The van der Waals surface area contributed by atoms with Gasteiger partial charge in [-0.2, -0.15) is 5.26 Å². The minimum absolute atomic E-state index is 0.240. The van der Waals surface area contributed by atoms with E-state index in [4.69, 9.17) is 10.4 Å². The van der Waals surface area contributed by atoms with Crippen molar-refractivity contribution in [3.05, 3.63) is 29.6 Å². The Hall–Kier alpha value is -1.60. The van der Waals surface area contributed by atoms with E-state index >= 15 is 0 Å². The molecule has 0 radical (unpaired) electrons. The number of aliphatic hydroxyl groups excluding tert-OH is 1. The monoisotopic (exact) mass is 236 g/mol. The van der Waals surface area contributed by atoms with Gasteiger partial charge < -0.3 is 10.4 Å². The highest BCUT2D eigenvalue weighted by Gasteiger charge is 2.02. The Morgan fingerprint density at radius 1 is 1.24 bits per heavy atom. The van der Waals surface area contributed by atoms with E-state index in [0.29, 0.717) is 11.3 Å². The maximum atomic E-state index is 12.9. The third-order valence-electron chi connectivity index (χ3n) is 2.50. The molecule has 17 heavy (non-hydrogen) atoms. The van der Waals surface area contributed by atoms with Crippen molar-refractivity contribution in [1.82, 2.24) is 0 Å². The van der Waals surface area contributed by atoms with Gasteiger partial charge in [-0.15, -0.1) is 0 Å². The molecule has 0 aliphatic rings. The van der Waals surface area contributed by atoms with Gasteiger partial charge in [0.05, 0.1) is 11.3 Å². The third kappa shape index (κ3) is 4.83. The lowest BCUT2D eigenvalue weighted by molar-refractivity contribution is 0.283. The van der Waals surface area contributed by atoms with E-state index in [-0.39, 0.29) is 6.61 Å². The van der Waals surface area contributed by atoms with Crippen LogP contribution in [0.3, 0.4) is 0 Å². The second kappa shape index (κ2) is 7.64. The van der Waals surface area contributed by atoms with E-state index in [9.17, 15) is 4.39 Å². The highest BCUT2D eigenvalue weighted by atomic mass is 19.1. The number of aliphatic hydroxyl groups is 1. The Morgan fingerprint density at radius 3 is 2.71 bits per heavy atom. The van der Waals surface area contributed by atoms with Gasteiger partial charge in [0.15, 0.2) is 0 Å². The zero-order chi connectivity index (χ0) is 12.5. The fourth-order valence-corrected chi connectivity index (χ4v) is 1.58. The van der Waals surface area contributed by atoms with E-state index in [2.05, 4.69) is 5.32 Å². The van der Waals surface area contributed by atoms with Gasteiger partial charge in [0.25, 0.3) is 0 Å². The summed E-state index contributed by atoms with van der Waals surface area (Å²) >= 11 is 0. The van der Waals surface area contributed by atoms with Crippen molar-refractivity contribution in [2.24, 2.45) is 0 Å². The number of anilines is 1. The lowest BCUT2D eigenvalue weighted by Crippen LogP contribution is -2.03. The number of benzene rings is 1. The SMILES string of the molecule is N#Cc1cc(F)ccc1NCCCCCCO. The number of unbranched alkanes of at least 4 members (excludes halogenated alkanes) is 3. The second-order valence-corrected chi connectivity index (χ2v) is 3.87. The number of hydrogen-bond acceptors (Lipinski definition) is 3. The summed E-state index contributed by atoms with van der Waals surface area (Å²) in [6, 6.07) is 6.12. The first-order valence-electron chi connectivity index (χ1n) is 5.82. The predicted molar refractivity (Wildman–Crippen MR) is 65.2 cm³/mol. The van der Waals surface area contributed by atoms with Crippen LogP contribution in [0.5, 0.6) is 0 Å². The first-order chi connectivity index (χ1) is 8.27. The average Bonchev–Trinajstić information content (AvgIpc) is 2.35. The van der Waals surface area contributed by atoms with Gasteiger partial charge in [-0.25, -0.2) is 4.39 Å². The molecule has 1 aromatic carbocycles. The minimum atomic E-state index is -0.393. The topological polar surface area (TPSA) is 56.0 Å². The normalized spacial score (nSPS) is 9.94. The molecule has 1 rings (SSSR count). The number of halogens is 1. The Labute approximate surface area is 101 Å². The van der Waals surface area contributed by atoms with E-state index in [1.54, 1.807) is 6.07 Å². The molecule has 1 aromatic rings. The highest BCUT2D eigenvalue weighted by molar-refractivity contribution is 5.57. The molecular weight excluding hydrogens is 219 g/mol. The van der Waals surface area contributed by atoms with Crippen LogP contribution in [-0.4, -0.2) is 18.3 Å². The van der Waals surface area contributed by atoms with E-state index in [0.717, 1.165) is 32.2 Å². The van der Waals surface area contributed by atoms with Crippen LogP contribution >= 0.6 is 0 Å². The smallest absolute Gasteiger partial charge is 0.124 e. The van der Waals surface area contributed by atoms with Crippen LogP contribution in [0.25, 0.3) is 0 Å². The molecule has 2 N–H and O–H groups in total. The van der Waals surface area contributed by atoms with Crippen molar-refractivity contribution in [3.8, 4) is 6.07 Å². The van der Waals surface area contributed by atoms with Crippen molar-refractivity contribution in [2.45, 2.75) is 25.7 Å². The molecule has 0 atom stereocenters. The zero-order valence-electron chi connectivity index (χ0n) is 9.75. The highest BCUT2D eigenvalue weighted by Crippen LogP contribution is 2.16. The van der Waals surface area contributed by atoms with Gasteiger partial charge in [0.1, 0.15) is 11.9 Å². The molecule has 92 valence electrons. The summed E-state index contributed by atoms with van der Waals surface area (Å²) in [4.78, 5) is 0. The van der Waals surface area contributed by atoms with Crippen LogP contribution in [0, 0.1) is 17.1 Å². The summed E-state index contributed by atoms with van der Waals surface area (Å²) in [6.45, 7) is 0.996. The zero-order valence-corrected chi connectivity index (χ0v) is 9.75. The second-order valence-electron chi connectivity index (χ2n) is 3.87. The molecule has 0 heterocycles. The molecule has 0 aliphatic carbocycles. The molecule has 3 nitrogen and oxygen atoms in total. The lowest BCUT2D eigenvalue weighted by Gasteiger charge is -2.07. The van der Waals surface area contributed by atoms with Crippen molar-refractivity contribution in [3.63, 3.8) is 0 Å². The number of rotatable bonds is 7. The van der Waals surface area contributed by atoms with Gasteiger partial charge >= 0.3 is 0 Å². The van der Waals surface area contributed by atoms with Crippen molar-refractivity contribution < 1.29 is 9.50 Å². The Kier molecular flexibility index (Phi) is 6.05. The van der Waals surface area contributed by atoms with Crippen LogP contribution < -0.4 is 5.32 Å². The Morgan fingerprint density at radius 2 is 2.00 bits per heavy atom.